The number of hydrogen-bond acceptors (Lipinski definition) is 2. The molecule has 1 fully saturated rings. The van der Waals surface area contributed by atoms with Crippen LogP contribution in [0, 0.1) is 6.92 Å². The molecule has 0 spiro atoms. The van der Waals surface area contributed by atoms with Crippen LogP contribution in [0.2, 0.25) is 0 Å². The number of hydrogen-bond donors (Lipinski definition) is 1. The molecule has 2 aromatic rings. The van der Waals surface area contributed by atoms with Gasteiger partial charge in [-0.25, -0.2) is 0 Å². The number of rotatable bonds is 4. The van der Waals surface area contributed by atoms with E-state index in [9.17, 15) is 4.79 Å². The number of benzene rings is 2. The maximum atomic E-state index is 11.7. The zero-order valence-electron chi connectivity index (χ0n) is 12.3. The molecule has 1 N–H and O–H groups in total. The van der Waals surface area contributed by atoms with Gasteiger partial charge in [0.05, 0.1) is 0 Å². The van der Waals surface area contributed by atoms with Crippen molar-refractivity contribution < 1.29 is 4.79 Å². The molecule has 1 amide bonds. The Morgan fingerprint density at radius 3 is 2.62 bits per heavy atom. The van der Waals surface area contributed by atoms with Crippen molar-refractivity contribution >= 4 is 17.3 Å². The second-order valence-corrected chi connectivity index (χ2v) is 5.54. The topological polar surface area (TPSA) is 32.3 Å². The van der Waals surface area contributed by atoms with Gasteiger partial charge >= 0.3 is 0 Å². The van der Waals surface area contributed by atoms with E-state index in [2.05, 4.69) is 36.5 Å². The molecule has 1 aliphatic heterocycles. The number of anilines is 2. The first kappa shape index (κ1) is 13.7. The first-order valence-corrected chi connectivity index (χ1v) is 7.42. The molecule has 0 saturated carbocycles. The third-order valence-electron chi connectivity index (χ3n) is 3.83. The highest BCUT2D eigenvalue weighted by Gasteiger charge is 2.21. The predicted molar refractivity (Wildman–Crippen MR) is 86.5 cm³/mol. The first-order chi connectivity index (χ1) is 10.2. The Bertz CT molecular complexity index is 634. The van der Waals surface area contributed by atoms with Gasteiger partial charge in [-0.15, -0.1) is 0 Å². The monoisotopic (exact) mass is 280 g/mol. The summed E-state index contributed by atoms with van der Waals surface area (Å²) >= 11 is 0. The third-order valence-corrected chi connectivity index (χ3v) is 3.83. The van der Waals surface area contributed by atoms with Crippen LogP contribution < -0.4 is 10.2 Å². The van der Waals surface area contributed by atoms with Gasteiger partial charge in [0.2, 0.25) is 5.91 Å². The maximum Gasteiger partial charge on any atom is 0.227 e. The van der Waals surface area contributed by atoms with E-state index >= 15 is 0 Å². The molecule has 1 heterocycles. The van der Waals surface area contributed by atoms with Crippen molar-refractivity contribution in [2.75, 3.05) is 16.8 Å². The minimum absolute atomic E-state index is 0.232. The van der Waals surface area contributed by atoms with Crippen LogP contribution in [0.25, 0.3) is 0 Å². The van der Waals surface area contributed by atoms with Gasteiger partial charge in [-0.2, -0.15) is 0 Å². The summed E-state index contributed by atoms with van der Waals surface area (Å²) < 4.78 is 0. The first-order valence-electron chi connectivity index (χ1n) is 7.42. The van der Waals surface area contributed by atoms with Crippen molar-refractivity contribution in [3.63, 3.8) is 0 Å². The molecule has 0 unspecified atom stereocenters. The molecule has 0 radical (unpaired) electrons. The van der Waals surface area contributed by atoms with Crippen molar-refractivity contribution in [2.24, 2.45) is 0 Å². The Morgan fingerprint density at radius 1 is 1.14 bits per heavy atom. The summed E-state index contributed by atoms with van der Waals surface area (Å²) in [5, 5.41) is 3.41. The van der Waals surface area contributed by atoms with E-state index in [-0.39, 0.29) is 5.91 Å². The van der Waals surface area contributed by atoms with Crippen LogP contribution in [-0.2, 0) is 11.3 Å². The van der Waals surface area contributed by atoms with Crippen LogP contribution in [0.1, 0.15) is 24.0 Å². The summed E-state index contributed by atoms with van der Waals surface area (Å²) in [5.41, 5.74) is 4.62. The maximum absolute atomic E-state index is 11.7. The van der Waals surface area contributed by atoms with Crippen LogP contribution >= 0.6 is 0 Å². The smallest absolute Gasteiger partial charge is 0.227 e. The SMILES string of the molecule is Cc1cccc(CNc2ccc(N3CCCC3=O)cc2)c1. The van der Waals surface area contributed by atoms with E-state index < -0.39 is 0 Å². The lowest BCUT2D eigenvalue weighted by atomic mass is 10.1. The van der Waals surface area contributed by atoms with E-state index in [4.69, 9.17) is 0 Å². The van der Waals surface area contributed by atoms with E-state index in [0.717, 1.165) is 30.9 Å². The van der Waals surface area contributed by atoms with Crippen LogP contribution in [-0.4, -0.2) is 12.5 Å². The molecule has 0 aliphatic carbocycles. The largest absolute Gasteiger partial charge is 0.381 e. The lowest BCUT2D eigenvalue weighted by Crippen LogP contribution is -2.23. The number of aryl methyl sites for hydroxylation is 1. The highest BCUT2D eigenvalue weighted by Crippen LogP contribution is 2.23. The van der Waals surface area contributed by atoms with Crippen molar-refractivity contribution in [2.45, 2.75) is 26.3 Å². The average molecular weight is 280 g/mol. The van der Waals surface area contributed by atoms with Crippen molar-refractivity contribution in [1.82, 2.24) is 0 Å². The van der Waals surface area contributed by atoms with E-state index in [1.807, 2.05) is 29.2 Å². The average Bonchev–Trinajstić information content (AvgIpc) is 2.92. The standard InChI is InChI=1S/C18H20N2O/c1-14-4-2-5-15(12-14)13-19-16-7-9-17(10-8-16)20-11-3-6-18(20)21/h2,4-5,7-10,12,19H,3,6,11,13H2,1H3. The molecule has 3 heteroatoms. The van der Waals surface area contributed by atoms with Crippen LogP contribution in [0.15, 0.2) is 48.5 Å². The molecule has 0 atom stereocenters. The third kappa shape index (κ3) is 3.24. The highest BCUT2D eigenvalue weighted by molar-refractivity contribution is 5.95. The number of nitrogens with zero attached hydrogens (tertiary/aromatic N) is 1. The lowest BCUT2D eigenvalue weighted by molar-refractivity contribution is -0.117. The molecule has 21 heavy (non-hydrogen) atoms. The minimum atomic E-state index is 0.232. The summed E-state index contributed by atoms with van der Waals surface area (Å²) in [6.07, 6.45) is 1.64. The van der Waals surface area contributed by atoms with E-state index in [1.165, 1.54) is 11.1 Å². The highest BCUT2D eigenvalue weighted by atomic mass is 16.2. The Morgan fingerprint density at radius 2 is 1.95 bits per heavy atom. The minimum Gasteiger partial charge on any atom is -0.381 e. The van der Waals surface area contributed by atoms with Gasteiger partial charge in [-0.1, -0.05) is 29.8 Å². The summed E-state index contributed by atoms with van der Waals surface area (Å²) in [6.45, 7) is 3.75. The Labute approximate surface area is 125 Å². The fourth-order valence-corrected chi connectivity index (χ4v) is 2.71. The van der Waals surface area contributed by atoms with Gasteiger partial charge in [0.15, 0.2) is 0 Å². The summed E-state index contributed by atoms with van der Waals surface area (Å²) in [7, 11) is 0. The molecule has 108 valence electrons. The molecule has 0 bridgehead atoms. The molecule has 1 saturated heterocycles. The van der Waals surface area contributed by atoms with Gasteiger partial charge in [-0.3, -0.25) is 4.79 Å². The molecule has 1 aliphatic rings. The predicted octanol–water partition coefficient (Wildman–Crippen LogP) is 3.73. The Hall–Kier alpha value is -2.29. The zero-order chi connectivity index (χ0) is 14.7. The Kier molecular flexibility index (Phi) is 3.91. The summed E-state index contributed by atoms with van der Waals surface area (Å²) in [6, 6.07) is 16.6. The molecular formula is C18H20N2O. The second kappa shape index (κ2) is 6.00. The van der Waals surface area contributed by atoms with Gasteiger partial charge < -0.3 is 10.2 Å². The molecule has 0 aromatic heterocycles. The normalized spacial score (nSPS) is 14.5. The van der Waals surface area contributed by atoms with Gasteiger partial charge in [-0.05, 0) is 43.2 Å². The number of carbonyl (C=O) groups is 1. The van der Waals surface area contributed by atoms with Gasteiger partial charge in [0, 0.05) is 30.9 Å². The van der Waals surface area contributed by atoms with Crippen molar-refractivity contribution in [1.29, 1.82) is 0 Å². The summed E-state index contributed by atoms with van der Waals surface area (Å²) in [4.78, 5) is 13.6. The van der Waals surface area contributed by atoms with Crippen molar-refractivity contribution in [3.05, 3.63) is 59.7 Å². The molecule has 2 aromatic carbocycles. The lowest BCUT2D eigenvalue weighted by Gasteiger charge is -2.16. The summed E-state index contributed by atoms with van der Waals surface area (Å²) in [5.74, 6) is 0.232. The molecular weight excluding hydrogens is 260 g/mol. The Balaban J connectivity index is 1.63. The van der Waals surface area contributed by atoms with E-state index in [1.54, 1.807) is 0 Å². The van der Waals surface area contributed by atoms with Crippen LogP contribution in [0.4, 0.5) is 11.4 Å². The fraction of sp³-hybridized carbons (Fsp3) is 0.278. The number of amides is 1. The van der Waals surface area contributed by atoms with Crippen molar-refractivity contribution in [3.8, 4) is 0 Å². The van der Waals surface area contributed by atoms with E-state index in [0.29, 0.717) is 6.42 Å². The van der Waals surface area contributed by atoms with Crippen LogP contribution in [0.3, 0.4) is 0 Å². The quantitative estimate of drug-likeness (QED) is 0.925. The number of carbonyl (C=O) groups excluding carboxylic acids is 1. The molecule has 3 rings (SSSR count). The fourth-order valence-electron chi connectivity index (χ4n) is 2.71. The van der Waals surface area contributed by atoms with Crippen LogP contribution in [0.5, 0.6) is 0 Å². The van der Waals surface area contributed by atoms with Gasteiger partial charge in [0.25, 0.3) is 0 Å². The zero-order valence-corrected chi connectivity index (χ0v) is 12.3. The number of nitrogens with one attached hydrogen (secondary N) is 1. The molecule has 3 nitrogen and oxygen atoms in total. The van der Waals surface area contributed by atoms with Gasteiger partial charge in [0.1, 0.15) is 0 Å². The second-order valence-electron chi connectivity index (χ2n) is 5.54.